The van der Waals surface area contributed by atoms with Gasteiger partial charge in [-0.05, 0) is 37.3 Å². The van der Waals surface area contributed by atoms with Gasteiger partial charge in [-0.15, -0.1) is 0 Å². The van der Waals surface area contributed by atoms with Crippen LogP contribution >= 0.6 is 11.8 Å². The maximum absolute atomic E-state index is 12.1. The summed E-state index contributed by atoms with van der Waals surface area (Å²) in [6, 6.07) is 9.49. The third kappa shape index (κ3) is 11.1. The fraction of sp³-hybridized carbons (Fsp3) is 0.588. The molecule has 0 atom stereocenters. The number of hydrogen-bond donors (Lipinski definition) is 3. The van der Waals surface area contributed by atoms with Crippen LogP contribution in [0.25, 0.3) is 0 Å². The van der Waals surface area contributed by atoms with E-state index < -0.39 is 10.0 Å². The molecule has 0 radical (unpaired) electrons. The monoisotopic (exact) mass is 386 g/mol. The van der Waals surface area contributed by atoms with Gasteiger partial charge in [-0.25, -0.2) is 13.1 Å². The van der Waals surface area contributed by atoms with E-state index in [0.29, 0.717) is 19.0 Å². The minimum Gasteiger partial charge on any atom is -0.357 e. The summed E-state index contributed by atoms with van der Waals surface area (Å²) in [6.07, 6.45) is 4.28. The summed E-state index contributed by atoms with van der Waals surface area (Å²) >= 11 is 1.84. The third-order valence-corrected chi connectivity index (χ3v) is 5.40. The van der Waals surface area contributed by atoms with Crippen molar-refractivity contribution in [2.24, 2.45) is 4.99 Å². The van der Waals surface area contributed by atoms with E-state index in [2.05, 4.69) is 26.6 Å². The second-order valence-corrected chi connectivity index (χ2v) is 8.42. The van der Waals surface area contributed by atoms with E-state index in [9.17, 15) is 8.42 Å². The summed E-state index contributed by atoms with van der Waals surface area (Å²) in [5.41, 5.74) is 0.944. The average Bonchev–Trinajstić information content (AvgIpc) is 2.60. The van der Waals surface area contributed by atoms with Crippen LogP contribution in [-0.2, 0) is 16.6 Å². The molecule has 0 amide bonds. The minimum atomic E-state index is -3.32. The number of unbranched alkanes of at least 4 members (excludes halogenated alkanes) is 1. The van der Waals surface area contributed by atoms with Gasteiger partial charge in [0.25, 0.3) is 0 Å². The molecule has 0 heterocycles. The Balaban J connectivity index is 2.33. The van der Waals surface area contributed by atoms with Gasteiger partial charge in [0.1, 0.15) is 0 Å². The van der Waals surface area contributed by atoms with Crippen LogP contribution in [0, 0.1) is 0 Å². The van der Waals surface area contributed by atoms with E-state index in [4.69, 9.17) is 0 Å². The molecule has 0 aromatic heterocycles. The summed E-state index contributed by atoms with van der Waals surface area (Å²) < 4.78 is 26.7. The largest absolute Gasteiger partial charge is 0.357 e. The number of aliphatic imine (C=N–C) groups is 1. The van der Waals surface area contributed by atoms with Crippen molar-refractivity contribution in [1.29, 1.82) is 0 Å². The lowest BCUT2D eigenvalue weighted by Gasteiger charge is -2.12. The minimum absolute atomic E-state index is 0.0106. The van der Waals surface area contributed by atoms with Crippen molar-refractivity contribution >= 4 is 27.7 Å². The number of rotatable bonds is 12. The van der Waals surface area contributed by atoms with E-state index in [1.54, 1.807) is 0 Å². The molecule has 0 aliphatic rings. The molecule has 0 unspecified atom stereocenters. The first-order valence-electron chi connectivity index (χ1n) is 8.59. The highest BCUT2D eigenvalue weighted by molar-refractivity contribution is 7.98. The first-order valence-corrected chi connectivity index (χ1v) is 11.6. The van der Waals surface area contributed by atoms with Crippen LogP contribution in [0.3, 0.4) is 0 Å². The smallest absolute Gasteiger partial charge is 0.213 e. The number of guanidine groups is 1. The molecule has 0 saturated carbocycles. The van der Waals surface area contributed by atoms with Gasteiger partial charge >= 0.3 is 0 Å². The first-order chi connectivity index (χ1) is 12.1. The van der Waals surface area contributed by atoms with Gasteiger partial charge in [0.2, 0.25) is 10.0 Å². The molecule has 0 spiro atoms. The first kappa shape index (κ1) is 21.8. The molecule has 1 aromatic carbocycles. The number of nitrogens with zero attached hydrogens (tertiary/aromatic N) is 1. The molecular weight excluding hydrogens is 356 g/mol. The van der Waals surface area contributed by atoms with Crippen molar-refractivity contribution < 1.29 is 8.42 Å². The Kier molecular flexibility index (Phi) is 11.3. The number of benzene rings is 1. The predicted molar refractivity (Wildman–Crippen MR) is 109 cm³/mol. The van der Waals surface area contributed by atoms with Crippen molar-refractivity contribution in [1.82, 2.24) is 15.4 Å². The quantitative estimate of drug-likeness (QED) is 0.290. The topological polar surface area (TPSA) is 82.6 Å². The number of nitrogens with one attached hydrogen (secondary N) is 3. The third-order valence-electron chi connectivity index (χ3n) is 3.37. The SMILES string of the molecule is CCNC(=NCCCCSC)NCCS(=O)(=O)NCc1ccccc1. The summed E-state index contributed by atoms with van der Waals surface area (Å²) in [5.74, 6) is 1.83. The van der Waals surface area contributed by atoms with Gasteiger partial charge in [-0.3, -0.25) is 4.99 Å². The van der Waals surface area contributed by atoms with Crippen LogP contribution in [0.2, 0.25) is 0 Å². The molecule has 0 saturated heterocycles. The highest BCUT2D eigenvalue weighted by Crippen LogP contribution is 1.99. The van der Waals surface area contributed by atoms with E-state index >= 15 is 0 Å². The molecule has 25 heavy (non-hydrogen) atoms. The molecule has 142 valence electrons. The molecule has 0 aliphatic carbocycles. The standard InChI is InChI=1S/C17H30N4O2S2/c1-3-18-17(19-11-7-8-13-24-2)20-12-14-25(22,23)21-15-16-9-5-4-6-10-16/h4-6,9-10,21H,3,7-8,11-15H2,1-2H3,(H2,18,19,20). The van der Waals surface area contributed by atoms with E-state index in [0.717, 1.165) is 37.2 Å². The Labute approximate surface area is 156 Å². The Morgan fingerprint density at radius 2 is 1.92 bits per heavy atom. The fourth-order valence-corrected chi connectivity index (χ4v) is 3.45. The molecule has 1 aromatic rings. The zero-order valence-corrected chi connectivity index (χ0v) is 16.8. The second kappa shape index (κ2) is 13.0. The Morgan fingerprint density at radius 1 is 1.16 bits per heavy atom. The highest BCUT2D eigenvalue weighted by Gasteiger charge is 2.10. The normalized spacial score (nSPS) is 12.2. The van der Waals surface area contributed by atoms with E-state index in [-0.39, 0.29) is 5.75 Å². The van der Waals surface area contributed by atoms with E-state index in [1.165, 1.54) is 0 Å². The summed E-state index contributed by atoms with van der Waals surface area (Å²) in [4.78, 5) is 4.47. The van der Waals surface area contributed by atoms with Gasteiger partial charge in [0.15, 0.2) is 5.96 Å². The zero-order valence-electron chi connectivity index (χ0n) is 15.1. The van der Waals surface area contributed by atoms with Crippen molar-refractivity contribution in [3.05, 3.63) is 35.9 Å². The molecular formula is C17H30N4O2S2. The zero-order chi connectivity index (χ0) is 18.4. The van der Waals surface area contributed by atoms with Crippen LogP contribution in [0.1, 0.15) is 25.3 Å². The number of hydrogen-bond acceptors (Lipinski definition) is 4. The second-order valence-electron chi connectivity index (χ2n) is 5.51. The van der Waals surface area contributed by atoms with Gasteiger partial charge in [-0.1, -0.05) is 30.3 Å². The average molecular weight is 387 g/mol. The Morgan fingerprint density at radius 3 is 2.60 bits per heavy atom. The summed E-state index contributed by atoms with van der Waals surface area (Å²) in [6.45, 7) is 4.11. The molecule has 0 aliphatic heterocycles. The molecule has 8 heteroatoms. The predicted octanol–water partition coefficient (Wildman–Crippen LogP) is 1.80. The molecule has 6 nitrogen and oxygen atoms in total. The summed E-state index contributed by atoms with van der Waals surface area (Å²) in [5, 5.41) is 6.22. The van der Waals surface area contributed by atoms with Crippen molar-refractivity contribution in [2.75, 3.05) is 37.4 Å². The fourth-order valence-electron chi connectivity index (χ4n) is 2.06. The molecule has 1 rings (SSSR count). The number of thioether (sulfide) groups is 1. The van der Waals surface area contributed by atoms with E-state index in [1.807, 2.05) is 49.0 Å². The van der Waals surface area contributed by atoms with Crippen molar-refractivity contribution in [3.63, 3.8) is 0 Å². The van der Waals surface area contributed by atoms with Crippen LogP contribution < -0.4 is 15.4 Å². The Hall–Kier alpha value is -1.25. The summed E-state index contributed by atoms with van der Waals surface area (Å²) in [7, 11) is -3.32. The van der Waals surface area contributed by atoms with Gasteiger partial charge in [-0.2, -0.15) is 11.8 Å². The maximum atomic E-state index is 12.1. The van der Waals surface area contributed by atoms with Gasteiger partial charge in [0.05, 0.1) is 5.75 Å². The van der Waals surface area contributed by atoms with Crippen LogP contribution in [0.5, 0.6) is 0 Å². The molecule has 0 fully saturated rings. The lowest BCUT2D eigenvalue weighted by Crippen LogP contribution is -2.41. The van der Waals surface area contributed by atoms with Crippen molar-refractivity contribution in [2.45, 2.75) is 26.3 Å². The maximum Gasteiger partial charge on any atom is 0.213 e. The Bertz CT molecular complexity index is 592. The van der Waals surface area contributed by atoms with Crippen LogP contribution in [0.4, 0.5) is 0 Å². The van der Waals surface area contributed by atoms with Crippen LogP contribution in [0.15, 0.2) is 35.3 Å². The van der Waals surface area contributed by atoms with Crippen molar-refractivity contribution in [3.8, 4) is 0 Å². The van der Waals surface area contributed by atoms with Gasteiger partial charge in [0, 0.05) is 26.2 Å². The lowest BCUT2D eigenvalue weighted by molar-refractivity contribution is 0.580. The van der Waals surface area contributed by atoms with Crippen LogP contribution in [-0.4, -0.2) is 51.8 Å². The molecule has 3 N–H and O–H groups in total. The highest BCUT2D eigenvalue weighted by atomic mass is 32.2. The lowest BCUT2D eigenvalue weighted by atomic mass is 10.2. The molecule has 0 bridgehead atoms. The van der Waals surface area contributed by atoms with Gasteiger partial charge < -0.3 is 10.6 Å². The number of sulfonamides is 1.